The van der Waals surface area contributed by atoms with E-state index in [2.05, 4.69) is 9.97 Å². The first-order valence-electron chi connectivity index (χ1n) is 3.97. The minimum absolute atomic E-state index is 0.0311. The lowest BCUT2D eigenvalue weighted by atomic mass is 10.6. The largest absolute Gasteiger partial charge is 0.347 e. The van der Waals surface area contributed by atoms with E-state index in [1.807, 2.05) is 0 Å². The molecule has 0 saturated heterocycles. The molecule has 0 saturated carbocycles. The van der Waals surface area contributed by atoms with E-state index in [0.29, 0.717) is 6.54 Å². The summed E-state index contributed by atoms with van der Waals surface area (Å²) in [5.74, 6) is 0.785. The molecule has 13 heavy (non-hydrogen) atoms. The van der Waals surface area contributed by atoms with Crippen molar-refractivity contribution in [2.24, 2.45) is 7.05 Å². The number of hydrogen-bond acceptors (Lipinski definition) is 2. The van der Waals surface area contributed by atoms with Crippen LogP contribution in [-0.4, -0.2) is 19.1 Å². The van der Waals surface area contributed by atoms with E-state index < -0.39 is 0 Å². The monoisotopic (exact) mass is 178 g/mol. The number of rotatable bonds is 2. The minimum atomic E-state index is -0.0311. The second-order valence-electron chi connectivity index (χ2n) is 2.86. The van der Waals surface area contributed by atoms with Crippen molar-refractivity contribution in [1.82, 2.24) is 19.1 Å². The Morgan fingerprint density at radius 3 is 2.92 bits per heavy atom. The van der Waals surface area contributed by atoms with Crippen LogP contribution < -0.4 is 5.69 Å². The molecular formula is C8H10N4O. The average Bonchev–Trinajstić information content (AvgIpc) is 2.71. The van der Waals surface area contributed by atoms with E-state index in [1.165, 1.54) is 4.57 Å². The summed E-state index contributed by atoms with van der Waals surface area (Å²) in [7, 11) is 1.72. The Kier molecular flexibility index (Phi) is 1.77. The van der Waals surface area contributed by atoms with Gasteiger partial charge in [0, 0.05) is 31.8 Å². The fourth-order valence-electron chi connectivity index (χ4n) is 1.18. The predicted molar refractivity (Wildman–Crippen MR) is 47.4 cm³/mol. The number of H-pyrrole nitrogens is 1. The molecule has 0 amide bonds. The molecular weight excluding hydrogens is 168 g/mol. The van der Waals surface area contributed by atoms with Crippen LogP contribution in [0, 0.1) is 0 Å². The maximum atomic E-state index is 11.4. The first-order valence-corrected chi connectivity index (χ1v) is 3.97. The van der Waals surface area contributed by atoms with Gasteiger partial charge in [0.1, 0.15) is 5.82 Å². The molecule has 2 rings (SSSR count). The summed E-state index contributed by atoms with van der Waals surface area (Å²) in [6.45, 7) is 0.493. The highest BCUT2D eigenvalue weighted by molar-refractivity contribution is 4.91. The Bertz CT molecular complexity index is 437. The van der Waals surface area contributed by atoms with Crippen LogP contribution in [0.5, 0.6) is 0 Å². The van der Waals surface area contributed by atoms with Gasteiger partial charge >= 0.3 is 5.69 Å². The van der Waals surface area contributed by atoms with Crippen LogP contribution in [0.4, 0.5) is 0 Å². The molecule has 2 heterocycles. The van der Waals surface area contributed by atoms with Crippen LogP contribution in [0.25, 0.3) is 0 Å². The van der Waals surface area contributed by atoms with Crippen molar-refractivity contribution < 1.29 is 0 Å². The number of aromatic nitrogens is 4. The molecule has 0 aliphatic heterocycles. The van der Waals surface area contributed by atoms with Gasteiger partial charge < -0.3 is 9.55 Å². The summed E-state index contributed by atoms with van der Waals surface area (Å²) >= 11 is 0. The highest BCUT2D eigenvalue weighted by Gasteiger charge is 2.01. The fraction of sp³-hybridized carbons (Fsp3) is 0.250. The van der Waals surface area contributed by atoms with E-state index >= 15 is 0 Å². The van der Waals surface area contributed by atoms with E-state index in [-0.39, 0.29) is 5.69 Å². The number of hydrogen-bond donors (Lipinski definition) is 1. The van der Waals surface area contributed by atoms with Crippen LogP contribution in [-0.2, 0) is 13.6 Å². The van der Waals surface area contributed by atoms with Gasteiger partial charge in [-0.15, -0.1) is 0 Å². The molecule has 0 spiro atoms. The lowest BCUT2D eigenvalue weighted by molar-refractivity contribution is 0.694. The molecule has 0 unspecified atom stereocenters. The number of aromatic amines is 1. The number of nitrogens with zero attached hydrogens (tertiary/aromatic N) is 3. The van der Waals surface area contributed by atoms with Crippen molar-refractivity contribution in [3.8, 4) is 0 Å². The quantitative estimate of drug-likeness (QED) is 0.701. The lowest BCUT2D eigenvalue weighted by Crippen LogP contribution is -2.22. The summed E-state index contributed by atoms with van der Waals surface area (Å²) in [6.07, 6.45) is 6.88. The molecule has 0 aliphatic rings. The van der Waals surface area contributed by atoms with Crippen molar-refractivity contribution in [3.05, 3.63) is 41.1 Å². The van der Waals surface area contributed by atoms with Crippen molar-refractivity contribution >= 4 is 0 Å². The van der Waals surface area contributed by atoms with Crippen molar-refractivity contribution in [2.45, 2.75) is 6.54 Å². The zero-order valence-corrected chi connectivity index (χ0v) is 7.27. The van der Waals surface area contributed by atoms with Gasteiger partial charge in [-0.2, -0.15) is 0 Å². The fourth-order valence-corrected chi connectivity index (χ4v) is 1.18. The molecule has 5 heteroatoms. The van der Waals surface area contributed by atoms with Gasteiger partial charge in [0.2, 0.25) is 0 Å². The maximum absolute atomic E-state index is 11.4. The molecule has 68 valence electrons. The third kappa shape index (κ3) is 1.40. The van der Waals surface area contributed by atoms with Gasteiger partial charge in [-0.05, 0) is 0 Å². The summed E-state index contributed by atoms with van der Waals surface area (Å²) in [4.78, 5) is 18.4. The Hall–Kier alpha value is -1.78. The van der Waals surface area contributed by atoms with Gasteiger partial charge in [-0.3, -0.25) is 4.57 Å². The van der Waals surface area contributed by atoms with Gasteiger partial charge in [0.05, 0.1) is 6.54 Å². The van der Waals surface area contributed by atoms with E-state index in [9.17, 15) is 4.79 Å². The lowest BCUT2D eigenvalue weighted by Gasteiger charge is -1.96. The third-order valence-electron chi connectivity index (χ3n) is 1.89. The summed E-state index contributed by atoms with van der Waals surface area (Å²) in [5, 5.41) is 0. The molecule has 0 atom stereocenters. The van der Waals surface area contributed by atoms with Gasteiger partial charge in [-0.1, -0.05) is 0 Å². The van der Waals surface area contributed by atoms with Crippen LogP contribution in [0.15, 0.2) is 29.6 Å². The van der Waals surface area contributed by atoms with Crippen LogP contribution in [0.3, 0.4) is 0 Å². The molecule has 0 aliphatic carbocycles. The molecule has 2 aromatic rings. The topological polar surface area (TPSA) is 55.6 Å². The Balaban J connectivity index is 2.29. The van der Waals surface area contributed by atoms with Gasteiger partial charge in [0.15, 0.2) is 0 Å². The highest BCUT2D eigenvalue weighted by Crippen LogP contribution is 1.91. The normalized spacial score (nSPS) is 10.5. The van der Waals surface area contributed by atoms with Crippen LogP contribution in [0.2, 0.25) is 0 Å². The number of imidazole rings is 2. The van der Waals surface area contributed by atoms with Crippen LogP contribution >= 0.6 is 0 Å². The first-order chi connectivity index (χ1) is 6.27. The third-order valence-corrected chi connectivity index (χ3v) is 1.89. The van der Waals surface area contributed by atoms with E-state index in [1.54, 1.807) is 36.4 Å². The van der Waals surface area contributed by atoms with E-state index in [0.717, 1.165) is 5.82 Å². The van der Waals surface area contributed by atoms with Crippen molar-refractivity contribution in [1.29, 1.82) is 0 Å². The Morgan fingerprint density at radius 1 is 1.54 bits per heavy atom. The molecule has 1 N–H and O–H groups in total. The molecule has 0 fully saturated rings. The predicted octanol–water partition coefficient (Wildman–Crippen LogP) is -0.0418. The summed E-state index contributed by atoms with van der Waals surface area (Å²) in [6, 6.07) is 0. The van der Waals surface area contributed by atoms with Crippen molar-refractivity contribution in [2.75, 3.05) is 0 Å². The number of aryl methyl sites for hydroxylation is 1. The summed E-state index contributed by atoms with van der Waals surface area (Å²) in [5.41, 5.74) is -0.0311. The van der Waals surface area contributed by atoms with Crippen molar-refractivity contribution in [3.63, 3.8) is 0 Å². The molecule has 5 nitrogen and oxygen atoms in total. The smallest absolute Gasteiger partial charge is 0.328 e. The maximum Gasteiger partial charge on any atom is 0.328 e. The molecule has 0 bridgehead atoms. The minimum Gasteiger partial charge on any atom is -0.347 e. The second kappa shape index (κ2) is 2.93. The first kappa shape index (κ1) is 7.85. The second-order valence-corrected chi connectivity index (χ2v) is 2.86. The van der Waals surface area contributed by atoms with E-state index in [4.69, 9.17) is 0 Å². The average molecular weight is 178 g/mol. The molecule has 0 aromatic carbocycles. The highest BCUT2D eigenvalue weighted by atomic mass is 16.1. The summed E-state index contributed by atoms with van der Waals surface area (Å²) < 4.78 is 3.13. The van der Waals surface area contributed by atoms with Crippen LogP contribution in [0.1, 0.15) is 5.82 Å². The zero-order chi connectivity index (χ0) is 9.26. The van der Waals surface area contributed by atoms with Gasteiger partial charge in [-0.25, -0.2) is 9.78 Å². The van der Waals surface area contributed by atoms with Gasteiger partial charge in [0.25, 0.3) is 0 Å². The molecule has 2 aromatic heterocycles. The zero-order valence-electron chi connectivity index (χ0n) is 7.27. The standard InChI is InChI=1S/C8H10N4O/c1-11-4-5-12(8(11)13)6-7-9-2-3-10-7/h2-5H,6H2,1H3,(H,9,10). The Labute approximate surface area is 74.7 Å². The molecule has 0 radical (unpaired) electrons. The number of nitrogens with one attached hydrogen (secondary N) is 1. The SMILES string of the molecule is Cn1ccn(Cc2ncc[nH]2)c1=O. The Morgan fingerprint density at radius 2 is 2.38 bits per heavy atom.